The van der Waals surface area contributed by atoms with E-state index in [1.165, 1.54) is 5.56 Å². The summed E-state index contributed by atoms with van der Waals surface area (Å²) in [4.78, 5) is 4.22. The van der Waals surface area contributed by atoms with Gasteiger partial charge in [-0.15, -0.1) is 0 Å². The fraction of sp³-hybridized carbons (Fsp3) is 0.308. The van der Waals surface area contributed by atoms with Crippen LogP contribution in [0.2, 0.25) is 0 Å². The monoisotopic (exact) mass is 216 g/mol. The molecule has 2 heterocycles. The third-order valence-electron chi connectivity index (χ3n) is 2.36. The Morgan fingerprint density at radius 2 is 2.31 bits per heavy atom. The maximum atomic E-state index is 5.34. The van der Waals surface area contributed by atoms with Gasteiger partial charge in [0.2, 0.25) is 0 Å². The van der Waals surface area contributed by atoms with Crippen LogP contribution in [0.4, 0.5) is 0 Å². The number of rotatable bonds is 5. The highest BCUT2D eigenvalue weighted by molar-refractivity contribution is 5.56. The minimum atomic E-state index is 0.857. The van der Waals surface area contributed by atoms with Crippen LogP contribution in [0.25, 0.3) is 11.3 Å². The summed E-state index contributed by atoms with van der Waals surface area (Å²) in [6, 6.07) is 5.94. The normalized spacial score (nSPS) is 10.6. The van der Waals surface area contributed by atoms with Crippen molar-refractivity contribution in [2.45, 2.75) is 19.9 Å². The van der Waals surface area contributed by atoms with Gasteiger partial charge in [-0.1, -0.05) is 6.92 Å². The molecular weight excluding hydrogens is 200 g/mol. The van der Waals surface area contributed by atoms with E-state index in [9.17, 15) is 0 Å². The summed E-state index contributed by atoms with van der Waals surface area (Å²) in [5.74, 6) is 0.866. The maximum absolute atomic E-state index is 5.34. The molecule has 0 atom stereocenters. The van der Waals surface area contributed by atoms with Crippen LogP contribution in [-0.4, -0.2) is 11.5 Å². The van der Waals surface area contributed by atoms with Gasteiger partial charge in [-0.2, -0.15) is 0 Å². The van der Waals surface area contributed by atoms with Gasteiger partial charge in [-0.05, 0) is 36.7 Å². The zero-order valence-corrected chi connectivity index (χ0v) is 9.44. The molecule has 0 saturated carbocycles. The third kappa shape index (κ3) is 2.70. The fourth-order valence-corrected chi connectivity index (χ4v) is 1.57. The number of furan rings is 1. The van der Waals surface area contributed by atoms with E-state index in [2.05, 4.69) is 23.3 Å². The second-order valence-corrected chi connectivity index (χ2v) is 3.74. The van der Waals surface area contributed by atoms with Crippen molar-refractivity contribution >= 4 is 0 Å². The first-order chi connectivity index (χ1) is 7.90. The van der Waals surface area contributed by atoms with E-state index in [0.717, 1.165) is 30.8 Å². The first-order valence-corrected chi connectivity index (χ1v) is 5.58. The topological polar surface area (TPSA) is 38.1 Å². The largest absolute Gasteiger partial charge is 0.464 e. The van der Waals surface area contributed by atoms with E-state index in [-0.39, 0.29) is 0 Å². The molecule has 0 aliphatic rings. The molecule has 0 bridgehead atoms. The molecule has 3 heteroatoms. The van der Waals surface area contributed by atoms with Gasteiger partial charge in [-0.3, -0.25) is 4.98 Å². The predicted octanol–water partition coefficient (Wildman–Crippen LogP) is 2.84. The Morgan fingerprint density at radius 3 is 3.06 bits per heavy atom. The van der Waals surface area contributed by atoms with Crippen molar-refractivity contribution in [3.05, 3.63) is 42.4 Å². The first-order valence-electron chi connectivity index (χ1n) is 5.58. The number of aromatic nitrogens is 1. The lowest BCUT2D eigenvalue weighted by Gasteiger charge is -2.04. The first kappa shape index (κ1) is 10.9. The Morgan fingerprint density at radius 1 is 1.38 bits per heavy atom. The summed E-state index contributed by atoms with van der Waals surface area (Å²) >= 11 is 0. The van der Waals surface area contributed by atoms with Crippen molar-refractivity contribution in [1.82, 2.24) is 10.3 Å². The number of nitrogens with zero attached hydrogens (tertiary/aromatic N) is 1. The smallest absolute Gasteiger partial charge is 0.135 e. The van der Waals surface area contributed by atoms with E-state index in [1.807, 2.05) is 24.5 Å². The Labute approximate surface area is 95.5 Å². The van der Waals surface area contributed by atoms with Crippen LogP contribution >= 0.6 is 0 Å². The molecule has 0 aliphatic heterocycles. The quantitative estimate of drug-likeness (QED) is 0.781. The van der Waals surface area contributed by atoms with E-state index in [4.69, 9.17) is 4.42 Å². The average Bonchev–Trinajstić information content (AvgIpc) is 2.83. The van der Waals surface area contributed by atoms with Crippen LogP contribution in [0.5, 0.6) is 0 Å². The third-order valence-corrected chi connectivity index (χ3v) is 2.36. The van der Waals surface area contributed by atoms with Gasteiger partial charge >= 0.3 is 0 Å². The van der Waals surface area contributed by atoms with E-state index in [1.54, 1.807) is 6.26 Å². The molecule has 2 aromatic heterocycles. The minimum absolute atomic E-state index is 0.857. The second kappa shape index (κ2) is 5.47. The van der Waals surface area contributed by atoms with Gasteiger partial charge in [0.25, 0.3) is 0 Å². The summed E-state index contributed by atoms with van der Waals surface area (Å²) in [5, 5.41) is 3.35. The Bertz CT molecular complexity index is 423. The molecular formula is C13H16N2O. The number of hydrogen-bond acceptors (Lipinski definition) is 3. The Hall–Kier alpha value is -1.61. The zero-order valence-electron chi connectivity index (χ0n) is 9.44. The summed E-state index contributed by atoms with van der Waals surface area (Å²) in [6.07, 6.45) is 6.53. The van der Waals surface area contributed by atoms with Crippen molar-refractivity contribution < 1.29 is 4.42 Å². The summed E-state index contributed by atoms with van der Waals surface area (Å²) in [6.45, 7) is 4.05. The highest BCUT2D eigenvalue weighted by Crippen LogP contribution is 2.19. The summed E-state index contributed by atoms with van der Waals surface area (Å²) < 4.78 is 5.34. The molecule has 0 amide bonds. The molecule has 0 spiro atoms. The van der Waals surface area contributed by atoms with Crippen molar-refractivity contribution in [2.75, 3.05) is 6.54 Å². The molecule has 3 nitrogen and oxygen atoms in total. The highest BCUT2D eigenvalue weighted by atomic mass is 16.3. The number of hydrogen-bond donors (Lipinski definition) is 1. The molecule has 84 valence electrons. The molecule has 2 aromatic rings. The Kier molecular flexibility index (Phi) is 3.72. The van der Waals surface area contributed by atoms with Crippen LogP contribution in [0.1, 0.15) is 18.9 Å². The standard InChI is InChI=1S/C13H16N2O/c1-2-5-14-8-11-7-12(10-15-9-11)13-4-3-6-16-13/h3-4,6-7,9-10,14H,2,5,8H2,1H3. The molecule has 16 heavy (non-hydrogen) atoms. The lowest BCUT2D eigenvalue weighted by Crippen LogP contribution is -2.13. The SMILES string of the molecule is CCCNCc1cncc(-c2ccco2)c1. The molecule has 0 saturated heterocycles. The Balaban J connectivity index is 2.08. The number of pyridine rings is 1. The molecule has 0 fully saturated rings. The lowest BCUT2D eigenvalue weighted by atomic mass is 10.1. The van der Waals surface area contributed by atoms with Crippen molar-refractivity contribution in [3.8, 4) is 11.3 Å². The summed E-state index contributed by atoms with van der Waals surface area (Å²) in [5.41, 5.74) is 2.21. The molecule has 0 aliphatic carbocycles. The average molecular weight is 216 g/mol. The molecule has 2 rings (SSSR count). The van der Waals surface area contributed by atoms with Crippen LogP contribution in [-0.2, 0) is 6.54 Å². The van der Waals surface area contributed by atoms with E-state index < -0.39 is 0 Å². The van der Waals surface area contributed by atoms with Gasteiger partial charge in [-0.25, -0.2) is 0 Å². The van der Waals surface area contributed by atoms with Crippen LogP contribution < -0.4 is 5.32 Å². The molecule has 0 radical (unpaired) electrons. The molecule has 0 aromatic carbocycles. The van der Waals surface area contributed by atoms with Crippen molar-refractivity contribution in [1.29, 1.82) is 0 Å². The summed E-state index contributed by atoms with van der Waals surface area (Å²) in [7, 11) is 0. The van der Waals surface area contributed by atoms with Crippen molar-refractivity contribution in [2.24, 2.45) is 0 Å². The number of nitrogens with one attached hydrogen (secondary N) is 1. The van der Waals surface area contributed by atoms with Crippen LogP contribution in [0, 0.1) is 0 Å². The van der Waals surface area contributed by atoms with E-state index >= 15 is 0 Å². The van der Waals surface area contributed by atoms with Gasteiger partial charge in [0.05, 0.1) is 6.26 Å². The van der Waals surface area contributed by atoms with Crippen LogP contribution in [0.15, 0.2) is 41.3 Å². The highest BCUT2D eigenvalue weighted by Gasteiger charge is 2.01. The minimum Gasteiger partial charge on any atom is -0.464 e. The molecule has 0 unspecified atom stereocenters. The van der Waals surface area contributed by atoms with Gasteiger partial charge in [0.1, 0.15) is 5.76 Å². The van der Waals surface area contributed by atoms with Crippen LogP contribution in [0.3, 0.4) is 0 Å². The van der Waals surface area contributed by atoms with Gasteiger partial charge in [0, 0.05) is 24.5 Å². The second-order valence-electron chi connectivity index (χ2n) is 3.74. The zero-order chi connectivity index (χ0) is 11.2. The van der Waals surface area contributed by atoms with E-state index in [0.29, 0.717) is 0 Å². The maximum Gasteiger partial charge on any atom is 0.135 e. The fourth-order valence-electron chi connectivity index (χ4n) is 1.57. The van der Waals surface area contributed by atoms with Gasteiger partial charge < -0.3 is 9.73 Å². The lowest BCUT2D eigenvalue weighted by molar-refractivity contribution is 0.582. The van der Waals surface area contributed by atoms with Gasteiger partial charge in [0.15, 0.2) is 0 Å². The van der Waals surface area contributed by atoms with Crippen molar-refractivity contribution in [3.63, 3.8) is 0 Å². The predicted molar refractivity (Wildman–Crippen MR) is 63.9 cm³/mol. The molecule has 1 N–H and O–H groups in total.